The van der Waals surface area contributed by atoms with Crippen molar-refractivity contribution >= 4 is 90.1 Å². The van der Waals surface area contributed by atoms with Crippen LogP contribution in [0.1, 0.15) is 77.2 Å². The van der Waals surface area contributed by atoms with E-state index in [1.165, 1.54) is 100 Å². The van der Waals surface area contributed by atoms with E-state index in [2.05, 4.69) is 87.1 Å². The van der Waals surface area contributed by atoms with Gasteiger partial charge in [-0.15, -0.1) is 11.3 Å². The number of methoxy groups -OCH3 is 2. The molecule has 23 heteroatoms. The van der Waals surface area contributed by atoms with Crippen LogP contribution in [0, 0.1) is 99.4 Å². The van der Waals surface area contributed by atoms with Gasteiger partial charge < -0.3 is 24.4 Å². The Balaban J connectivity index is 0.000000222. The number of hydrogen-bond donors (Lipinski definition) is 1. The number of rotatable bonds is 9. The van der Waals surface area contributed by atoms with Crippen molar-refractivity contribution in [1.82, 2.24) is 9.88 Å². The highest BCUT2D eigenvalue weighted by Gasteiger charge is 2.32. The van der Waals surface area contributed by atoms with Crippen molar-refractivity contribution in [3.05, 3.63) is 314 Å². The minimum atomic E-state index is -4.48. The van der Waals surface area contributed by atoms with Gasteiger partial charge in [-0.2, -0.15) is 26.3 Å². The number of hydrogen-bond acceptors (Lipinski definition) is 8. The molecule has 1 aromatic heterocycles. The summed E-state index contributed by atoms with van der Waals surface area (Å²) in [7, 11) is 3.39. The van der Waals surface area contributed by atoms with E-state index in [9.17, 15) is 48.7 Å². The Bertz CT molecular complexity index is 4520. The summed E-state index contributed by atoms with van der Waals surface area (Å²) in [6, 6.07) is 53.3. The number of aryl methyl sites for hydroxylation is 11. The lowest BCUT2D eigenvalue weighted by Gasteiger charge is -2.35. The smallest absolute Gasteiger partial charge is 0.416 e. The summed E-state index contributed by atoms with van der Waals surface area (Å²) in [4.78, 5) is 21.5. The Morgan fingerprint density at radius 2 is 1.08 bits per heavy atom. The van der Waals surface area contributed by atoms with E-state index in [0.717, 1.165) is 99.0 Å². The van der Waals surface area contributed by atoms with Crippen LogP contribution in [0.3, 0.4) is 0 Å². The van der Waals surface area contributed by atoms with Gasteiger partial charge in [0.2, 0.25) is 5.91 Å². The molecular formula is C83H84BrCl3F10N4O4S. The normalized spacial score (nSPS) is 11.6. The third-order valence-corrected chi connectivity index (χ3v) is 18.4. The number of piperazine rings is 1. The number of aromatic nitrogens is 1. The molecule has 1 amide bonds. The van der Waals surface area contributed by atoms with Crippen LogP contribution in [0.15, 0.2) is 199 Å². The van der Waals surface area contributed by atoms with Crippen LogP contribution >= 0.6 is 62.1 Å². The molecule has 2 heterocycles. The molecule has 0 unspecified atom stereocenters. The highest BCUT2D eigenvalue weighted by atomic mass is 79.9. The van der Waals surface area contributed by atoms with Crippen LogP contribution in [-0.2, 0) is 23.8 Å². The van der Waals surface area contributed by atoms with Crippen LogP contribution in [0.5, 0.6) is 17.2 Å². The first-order valence-corrected chi connectivity index (χ1v) is 35.7. The summed E-state index contributed by atoms with van der Waals surface area (Å²) < 4.78 is 141. The number of carbonyl (C=O) groups excluding carboxylic acids is 1. The molecule has 0 spiro atoms. The predicted molar refractivity (Wildman–Crippen MR) is 417 cm³/mol. The number of amides is 1. The number of carbonyl (C=O) groups is 1. The van der Waals surface area contributed by atoms with Gasteiger partial charge in [-0.1, -0.05) is 123 Å². The summed E-state index contributed by atoms with van der Waals surface area (Å²) >= 11 is 21.4. The van der Waals surface area contributed by atoms with E-state index in [-0.39, 0.29) is 28.9 Å². The zero-order valence-electron chi connectivity index (χ0n) is 60.9. The molecule has 0 saturated carbocycles. The second kappa shape index (κ2) is 42.6. The lowest BCUT2D eigenvalue weighted by Crippen LogP contribution is -2.48. The van der Waals surface area contributed by atoms with Crippen LogP contribution < -0.4 is 24.4 Å². The maximum atomic E-state index is 13.0. The van der Waals surface area contributed by atoms with Crippen LogP contribution in [-0.4, -0.2) is 62.7 Å². The van der Waals surface area contributed by atoms with Crippen molar-refractivity contribution in [3.63, 3.8) is 0 Å². The Kier molecular flexibility index (Phi) is 35.4. The fourth-order valence-electron chi connectivity index (χ4n) is 9.61. The van der Waals surface area contributed by atoms with Gasteiger partial charge in [0.25, 0.3) is 0 Å². The number of ether oxygens (including phenoxy) is 3. The first-order chi connectivity index (χ1) is 49.9. The first-order valence-electron chi connectivity index (χ1n) is 33.0. The van der Waals surface area contributed by atoms with Gasteiger partial charge in [0.1, 0.15) is 47.1 Å². The number of halogens is 14. The molecule has 10 aromatic carbocycles. The zero-order chi connectivity index (χ0) is 78.6. The third-order valence-electron chi connectivity index (χ3n) is 16.1. The van der Waals surface area contributed by atoms with E-state index in [0.29, 0.717) is 39.8 Å². The van der Waals surface area contributed by atoms with Crippen molar-refractivity contribution in [2.45, 2.75) is 95.1 Å². The number of anilines is 2. The maximum absolute atomic E-state index is 13.0. The second-order valence-electron chi connectivity index (χ2n) is 24.6. The lowest BCUT2D eigenvalue weighted by molar-refractivity contribution is -0.138. The lowest BCUT2D eigenvalue weighted by atomic mass is 10.1. The Morgan fingerprint density at radius 1 is 0.519 bits per heavy atom. The summed E-state index contributed by atoms with van der Waals surface area (Å²) in [5.74, 6) is 1.45. The van der Waals surface area contributed by atoms with E-state index < -0.39 is 34.3 Å². The molecule has 0 radical (unpaired) electrons. The first kappa shape index (κ1) is 88.0. The molecule has 1 N–H and O–H groups in total. The summed E-state index contributed by atoms with van der Waals surface area (Å²) in [5, 5.41) is 5.25. The zero-order valence-corrected chi connectivity index (χ0v) is 65.6. The van der Waals surface area contributed by atoms with Gasteiger partial charge in [-0.05, 0) is 264 Å². The number of fused-ring (bicyclic) bond motifs is 1. The molecular weight excluding hydrogens is 1530 g/mol. The maximum Gasteiger partial charge on any atom is 0.416 e. The number of thiazole rings is 1. The Labute approximate surface area is 642 Å². The molecule has 0 atom stereocenters. The average Bonchev–Trinajstić information content (AvgIpc) is 0.901. The van der Waals surface area contributed by atoms with Gasteiger partial charge in [-0.25, -0.2) is 22.5 Å². The number of alkyl halides is 6. The molecule has 564 valence electrons. The quantitative estimate of drug-likeness (QED) is 0.144. The summed E-state index contributed by atoms with van der Waals surface area (Å²) in [5.41, 5.74) is 10.6. The van der Waals surface area contributed by atoms with E-state index in [1.807, 2.05) is 107 Å². The van der Waals surface area contributed by atoms with Gasteiger partial charge >= 0.3 is 12.4 Å². The SMILES string of the molecule is COc1ccc(C)c(C)c1.COc1ccc2cc(Br)ccc2c1C.Cc1cc(C(F)(F)F)cc(Cl)c1F.Cc1cc(C(F)(F)F)ccc1Cl.Cc1ccc(C)c(F)c1.Cc1ccc(F)cc1C.Cc1ccc(NC(=O)CN2CCN(c3ccc(F)cc3)CC2)cc1.Cc1ccc(OCc2cnc(Cl)s2)cc1. The van der Waals surface area contributed by atoms with E-state index in [1.54, 1.807) is 51.6 Å². The van der Waals surface area contributed by atoms with Gasteiger partial charge in [0, 0.05) is 53.2 Å². The fraction of sp³-hybridized carbons (Fsp3) is 0.253. The number of benzene rings is 10. The standard InChI is InChI=1S/C19H22FN3O.C12H11BrO.C11H10ClNOS.C9H12O.C8H5ClF4.C8H6ClF3.2C8H9F/c1-15-2-6-17(7-3-15)21-19(24)14-22-10-12-23(13-11-22)18-8-4-16(20)5-9-18;1-8-11-5-4-10(13)7-9(11)3-6-12(8)14-2;1-8-2-4-9(5-3-8)14-7-10-6-13-11(12)15-10;1-7-4-5-9(10-3)6-8(7)2;1-4-2-5(8(11,12)13)3-6(9)7(4)10;1-5-4-6(8(10,11)12)2-3-7(5)9;1-6-3-4-8(9)5-7(6)2;1-6-3-4-7(2)8(9)5-6/h2-9H,10-14H2,1H3,(H,21,24);3-7H,1-2H3;2-6H,7H2,1H3;4-6H,1-3H3;2-3H,1H3;2-4H,1H3;2*3-5H,1-2H3. The molecule has 11 aromatic rings. The van der Waals surface area contributed by atoms with Crippen LogP contribution in [0.2, 0.25) is 14.5 Å². The molecule has 106 heavy (non-hydrogen) atoms. The van der Waals surface area contributed by atoms with E-state index in [4.69, 9.17) is 49.0 Å². The van der Waals surface area contributed by atoms with Crippen molar-refractivity contribution in [2.24, 2.45) is 0 Å². The number of nitrogens with one attached hydrogen (secondary N) is 1. The van der Waals surface area contributed by atoms with Gasteiger partial charge in [0.15, 0.2) is 4.47 Å². The van der Waals surface area contributed by atoms with Gasteiger partial charge in [0.05, 0.1) is 41.8 Å². The van der Waals surface area contributed by atoms with Crippen molar-refractivity contribution in [2.75, 3.05) is 57.2 Å². The topological polar surface area (TPSA) is 76.2 Å². The Morgan fingerprint density at radius 3 is 1.59 bits per heavy atom. The minimum Gasteiger partial charge on any atom is -0.497 e. The molecule has 0 bridgehead atoms. The molecule has 12 rings (SSSR count). The second-order valence-corrected chi connectivity index (χ2v) is 28.0. The summed E-state index contributed by atoms with van der Waals surface area (Å²) in [6.45, 7) is 24.8. The molecule has 0 aliphatic carbocycles. The molecule has 8 nitrogen and oxygen atoms in total. The van der Waals surface area contributed by atoms with Crippen LogP contribution in [0.25, 0.3) is 10.8 Å². The van der Waals surface area contributed by atoms with Gasteiger partial charge in [-0.3, -0.25) is 9.69 Å². The van der Waals surface area contributed by atoms with Crippen molar-refractivity contribution in [3.8, 4) is 17.2 Å². The van der Waals surface area contributed by atoms with Crippen molar-refractivity contribution in [1.29, 1.82) is 0 Å². The molecule has 1 fully saturated rings. The molecule has 1 aliphatic heterocycles. The highest BCUT2D eigenvalue weighted by molar-refractivity contribution is 9.10. The van der Waals surface area contributed by atoms with Crippen LogP contribution in [0.4, 0.5) is 55.3 Å². The summed E-state index contributed by atoms with van der Waals surface area (Å²) in [6.07, 6.45) is -7.03. The average molecular weight is 1610 g/mol. The third kappa shape index (κ3) is 30.3. The minimum absolute atomic E-state index is 0.00841. The number of nitrogens with zero attached hydrogens (tertiary/aromatic N) is 3. The molecule has 1 aliphatic rings. The largest absolute Gasteiger partial charge is 0.497 e. The van der Waals surface area contributed by atoms with Crippen molar-refractivity contribution < 1.29 is 62.9 Å². The van der Waals surface area contributed by atoms with E-state index >= 15 is 0 Å². The molecule has 1 saturated heterocycles. The Hall–Kier alpha value is -8.63. The fourth-order valence-corrected chi connectivity index (χ4v) is 11.3. The highest BCUT2D eigenvalue weighted by Crippen LogP contribution is 2.35. The predicted octanol–water partition coefficient (Wildman–Crippen LogP) is 25.2. The monoisotopic (exact) mass is 1610 g/mol.